The second-order valence-corrected chi connectivity index (χ2v) is 7.99. The maximum Gasteiger partial charge on any atom is 0.416 e. The molecule has 2 aromatic carbocycles. The number of benzene rings is 2. The molecule has 0 aliphatic carbocycles. The molecule has 0 N–H and O–H groups in total. The third-order valence-corrected chi connectivity index (χ3v) is 5.43. The van der Waals surface area contributed by atoms with Crippen LogP contribution in [0, 0.1) is 0 Å². The van der Waals surface area contributed by atoms with E-state index >= 15 is 0 Å². The fourth-order valence-electron chi connectivity index (χ4n) is 3.76. The number of alkyl halides is 6. The lowest BCUT2D eigenvalue weighted by Crippen LogP contribution is -2.30. The van der Waals surface area contributed by atoms with Gasteiger partial charge in [-0.1, -0.05) is 30.3 Å². The highest BCUT2D eigenvalue weighted by Crippen LogP contribution is 2.37. The first-order valence-electron chi connectivity index (χ1n) is 10.6. The highest BCUT2D eigenvalue weighted by atomic mass is 19.4. The van der Waals surface area contributed by atoms with Crippen molar-refractivity contribution in [2.24, 2.45) is 0 Å². The van der Waals surface area contributed by atoms with Crippen LogP contribution in [0.3, 0.4) is 0 Å². The minimum absolute atomic E-state index is 0.0559. The van der Waals surface area contributed by atoms with Crippen LogP contribution in [0.4, 0.5) is 26.3 Å². The van der Waals surface area contributed by atoms with E-state index in [1.807, 2.05) is 30.3 Å². The zero-order valence-electron chi connectivity index (χ0n) is 18.5. The molecule has 2 aromatic heterocycles. The summed E-state index contributed by atoms with van der Waals surface area (Å²) >= 11 is 0. The summed E-state index contributed by atoms with van der Waals surface area (Å²) in [5.41, 5.74) is -1.03. The lowest BCUT2D eigenvalue weighted by molar-refractivity contribution is -0.143. The lowest BCUT2D eigenvalue weighted by Gasteiger charge is -2.25. The Morgan fingerprint density at radius 2 is 1.53 bits per heavy atom. The first kappa shape index (κ1) is 25.0. The molecule has 0 atom stereocenters. The molecule has 186 valence electrons. The van der Waals surface area contributed by atoms with Gasteiger partial charge in [0, 0.05) is 25.5 Å². The van der Waals surface area contributed by atoms with E-state index in [-0.39, 0.29) is 23.7 Å². The van der Waals surface area contributed by atoms with Crippen molar-refractivity contribution in [1.29, 1.82) is 0 Å². The van der Waals surface area contributed by atoms with Crippen LogP contribution >= 0.6 is 0 Å². The minimum Gasteiger partial charge on any atom is -0.472 e. The quantitative estimate of drug-likeness (QED) is 0.261. The third kappa shape index (κ3) is 5.76. The molecule has 0 fully saturated rings. The Morgan fingerprint density at radius 3 is 2.11 bits per heavy atom. The number of pyridine rings is 1. The van der Waals surface area contributed by atoms with Gasteiger partial charge in [-0.2, -0.15) is 26.3 Å². The molecule has 0 radical (unpaired) electrons. The Hall–Kier alpha value is -4.08. The molecule has 0 aliphatic heterocycles. The zero-order valence-corrected chi connectivity index (χ0v) is 18.5. The van der Waals surface area contributed by atoms with Gasteiger partial charge in [-0.15, -0.1) is 0 Å². The predicted molar refractivity (Wildman–Crippen MR) is 118 cm³/mol. The van der Waals surface area contributed by atoms with E-state index in [0.29, 0.717) is 17.7 Å². The number of aromatic nitrogens is 1. The summed E-state index contributed by atoms with van der Waals surface area (Å²) < 4.78 is 85.2. The molecular weight excluding hydrogens is 486 g/mol. The first-order valence-corrected chi connectivity index (χ1v) is 10.6. The van der Waals surface area contributed by atoms with Crippen molar-refractivity contribution in [3.63, 3.8) is 0 Å². The molecule has 0 spiro atoms. The summed E-state index contributed by atoms with van der Waals surface area (Å²) in [7, 11) is 0. The number of carbonyl (C=O) groups excluding carboxylic acids is 1. The van der Waals surface area contributed by atoms with Gasteiger partial charge in [0.25, 0.3) is 5.91 Å². The predicted octanol–water partition coefficient (Wildman–Crippen LogP) is 7.22. The molecule has 4 nitrogen and oxygen atoms in total. The van der Waals surface area contributed by atoms with Gasteiger partial charge >= 0.3 is 12.4 Å². The van der Waals surface area contributed by atoms with Crippen LogP contribution in [0.15, 0.2) is 90.0 Å². The molecule has 4 aromatic rings. The Kier molecular flexibility index (Phi) is 6.87. The van der Waals surface area contributed by atoms with Crippen molar-refractivity contribution >= 4 is 5.91 Å². The van der Waals surface area contributed by atoms with Crippen LogP contribution < -0.4 is 0 Å². The van der Waals surface area contributed by atoms with Gasteiger partial charge in [0.2, 0.25) is 0 Å². The van der Waals surface area contributed by atoms with Crippen molar-refractivity contribution in [1.82, 2.24) is 9.88 Å². The number of hydrogen-bond donors (Lipinski definition) is 0. The fourth-order valence-corrected chi connectivity index (χ4v) is 3.76. The Balaban J connectivity index is 1.76. The van der Waals surface area contributed by atoms with E-state index in [0.717, 1.165) is 22.3 Å². The largest absolute Gasteiger partial charge is 0.472 e. The molecule has 0 bridgehead atoms. The van der Waals surface area contributed by atoms with Gasteiger partial charge in [0.05, 0.1) is 23.0 Å². The molecule has 0 saturated heterocycles. The van der Waals surface area contributed by atoms with Crippen molar-refractivity contribution in [3.05, 3.63) is 113 Å². The maximum absolute atomic E-state index is 13.4. The number of carbonyl (C=O) groups is 1. The van der Waals surface area contributed by atoms with Crippen LogP contribution in [-0.4, -0.2) is 15.8 Å². The van der Waals surface area contributed by atoms with Gasteiger partial charge in [0.1, 0.15) is 6.26 Å². The second-order valence-electron chi connectivity index (χ2n) is 7.99. The monoisotopic (exact) mass is 504 g/mol. The molecule has 0 unspecified atom stereocenters. The van der Waals surface area contributed by atoms with Crippen molar-refractivity contribution in [2.75, 3.05) is 0 Å². The van der Waals surface area contributed by atoms with Crippen LogP contribution in [0.2, 0.25) is 0 Å². The molecule has 4 rings (SSSR count). The van der Waals surface area contributed by atoms with Crippen molar-refractivity contribution in [2.45, 2.75) is 25.4 Å². The summed E-state index contributed by atoms with van der Waals surface area (Å²) in [5.74, 6) is -0.627. The summed E-state index contributed by atoms with van der Waals surface area (Å²) in [6, 6.07) is 13.5. The molecule has 10 heteroatoms. The van der Waals surface area contributed by atoms with E-state index in [9.17, 15) is 31.1 Å². The van der Waals surface area contributed by atoms with Crippen molar-refractivity contribution in [3.8, 4) is 11.1 Å². The van der Waals surface area contributed by atoms with Gasteiger partial charge in [0.15, 0.2) is 0 Å². The number of furan rings is 1. The molecule has 0 aliphatic rings. The second kappa shape index (κ2) is 9.88. The average Bonchev–Trinajstić information content (AvgIpc) is 3.38. The van der Waals surface area contributed by atoms with Crippen LogP contribution in [0.5, 0.6) is 0 Å². The van der Waals surface area contributed by atoms with E-state index in [2.05, 4.69) is 4.98 Å². The Morgan fingerprint density at radius 1 is 0.861 bits per heavy atom. The highest BCUT2D eigenvalue weighted by Gasteiger charge is 2.37. The highest BCUT2D eigenvalue weighted by molar-refractivity contribution is 5.93. The fraction of sp³-hybridized carbons (Fsp3) is 0.154. The SMILES string of the molecule is O=C(c1ccoc1)N(Cc1cc(C(F)(F)F)cc(C(F)(F)F)c1)Cc1cnccc1-c1ccccc1. The smallest absolute Gasteiger partial charge is 0.416 e. The molecule has 0 saturated carbocycles. The molecule has 36 heavy (non-hydrogen) atoms. The van der Waals surface area contributed by atoms with Gasteiger partial charge in [-0.3, -0.25) is 9.78 Å². The van der Waals surface area contributed by atoms with E-state index in [1.54, 1.807) is 12.3 Å². The van der Waals surface area contributed by atoms with Crippen LogP contribution in [0.1, 0.15) is 32.6 Å². The number of hydrogen-bond acceptors (Lipinski definition) is 3. The summed E-state index contributed by atoms with van der Waals surface area (Å²) in [5, 5.41) is 0. The van der Waals surface area contributed by atoms with Crippen LogP contribution in [-0.2, 0) is 25.4 Å². The van der Waals surface area contributed by atoms with E-state index in [1.165, 1.54) is 18.5 Å². The van der Waals surface area contributed by atoms with Gasteiger partial charge < -0.3 is 9.32 Å². The normalized spacial score (nSPS) is 11.9. The average molecular weight is 504 g/mol. The topological polar surface area (TPSA) is 46.3 Å². The van der Waals surface area contributed by atoms with E-state index in [4.69, 9.17) is 4.42 Å². The summed E-state index contributed by atoms with van der Waals surface area (Å²) in [4.78, 5) is 18.5. The number of halogens is 6. The van der Waals surface area contributed by atoms with Crippen molar-refractivity contribution < 1.29 is 35.6 Å². The number of nitrogens with zero attached hydrogens (tertiary/aromatic N) is 2. The summed E-state index contributed by atoms with van der Waals surface area (Å²) in [6.07, 6.45) is -4.54. The lowest BCUT2D eigenvalue weighted by atomic mass is 10.0. The van der Waals surface area contributed by atoms with E-state index < -0.39 is 35.9 Å². The Bertz CT molecular complexity index is 1300. The summed E-state index contributed by atoms with van der Waals surface area (Å²) in [6.45, 7) is -0.639. The van der Waals surface area contributed by atoms with Gasteiger partial charge in [-0.25, -0.2) is 0 Å². The molecule has 2 heterocycles. The first-order chi connectivity index (χ1) is 17.0. The maximum atomic E-state index is 13.4. The molecule has 1 amide bonds. The number of amides is 1. The zero-order chi connectivity index (χ0) is 25.9. The van der Waals surface area contributed by atoms with Crippen LogP contribution in [0.25, 0.3) is 11.1 Å². The number of rotatable bonds is 6. The third-order valence-electron chi connectivity index (χ3n) is 5.43. The molecular formula is C26H18F6N2O2. The van der Waals surface area contributed by atoms with Gasteiger partial charge in [-0.05, 0) is 52.6 Å². The standard InChI is InChI=1S/C26H18F6N2O2/c27-25(28,29)21-10-17(11-22(12-21)26(30,31)32)14-34(24(35)19-7-9-36-16-19)15-20-13-33-8-6-23(20)18-4-2-1-3-5-18/h1-13,16H,14-15H2. The Labute approximate surface area is 201 Å². The minimum atomic E-state index is -5.00.